The van der Waals surface area contributed by atoms with Crippen molar-refractivity contribution in [2.75, 3.05) is 12.4 Å². The molecule has 0 saturated carbocycles. The number of halogens is 2. The van der Waals surface area contributed by atoms with Crippen LogP contribution in [-0.2, 0) is 0 Å². The van der Waals surface area contributed by atoms with Gasteiger partial charge in [0.2, 0.25) is 0 Å². The zero-order valence-corrected chi connectivity index (χ0v) is 11.8. The summed E-state index contributed by atoms with van der Waals surface area (Å²) in [5.41, 5.74) is 1.11. The number of rotatable bonds is 4. The minimum Gasteiger partial charge on any atom is -0.322 e. The Morgan fingerprint density at radius 1 is 1.14 bits per heavy atom. The Morgan fingerprint density at radius 3 is 2.57 bits per heavy atom. The SMILES string of the molecule is CNC(C)c1ccccc1NC(=O)c1cc(F)ccc1F. The van der Waals surface area contributed by atoms with E-state index in [1.54, 1.807) is 19.2 Å². The molecule has 0 aliphatic heterocycles. The largest absolute Gasteiger partial charge is 0.322 e. The van der Waals surface area contributed by atoms with Gasteiger partial charge in [-0.1, -0.05) is 18.2 Å². The summed E-state index contributed by atoms with van der Waals surface area (Å²) in [7, 11) is 1.80. The molecule has 3 nitrogen and oxygen atoms in total. The smallest absolute Gasteiger partial charge is 0.258 e. The van der Waals surface area contributed by atoms with Crippen LogP contribution in [0.3, 0.4) is 0 Å². The number of carbonyl (C=O) groups is 1. The maximum atomic E-state index is 13.6. The minimum absolute atomic E-state index is 0.0128. The van der Waals surface area contributed by atoms with Crippen molar-refractivity contribution < 1.29 is 13.6 Å². The van der Waals surface area contributed by atoms with Crippen molar-refractivity contribution in [1.29, 1.82) is 0 Å². The molecule has 0 fully saturated rings. The van der Waals surface area contributed by atoms with Gasteiger partial charge in [0, 0.05) is 11.7 Å². The second-order valence-corrected chi connectivity index (χ2v) is 4.68. The zero-order valence-electron chi connectivity index (χ0n) is 11.8. The average Bonchev–Trinajstić information content (AvgIpc) is 2.49. The van der Waals surface area contributed by atoms with Crippen LogP contribution in [0.15, 0.2) is 42.5 Å². The van der Waals surface area contributed by atoms with Gasteiger partial charge in [-0.3, -0.25) is 4.79 Å². The maximum Gasteiger partial charge on any atom is 0.258 e. The van der Waals surface area contributed by atoms with E-state index in [1.807, 2.05) is 19.1 Å². The van der Waals surface area contributed by atoms with E-state index in [9.17, 15) is 13.6 Å². The molecule has 0 aromatic heterocycles. The number of nitrogens with one attached hydrogen (secondary N) is 2. The van der Waals surface area contributed by atoms with E-state index in [1.165, 1.54) is 0 Å². The maximum absolute atomic E-state index is 13.6. The standard InChI is InChI=1S/C16H16F2N2O/c1-10(19-2)12-5-3-4-6-15(12)20-16(21)13-9-11(17)7-8-14(13)18/h3-10,19H,1-2H3,(H,20,21). The van der Waals surface area contributed by atoms with Crippen LogP contribution in [0.1, 0.15) is 28.9 Å². The third kappa shape index (κ3) is 3.44. The lowest BCUT2D eigenvalue weighted by Crippen LogP contribution is -2.19. The van der Waals surface area contributed by atoms with Gasteiger partial charge >= 0.3 is 0 Å². The van der Waals surface area contributed by atoms with Crippen molar-refractivity contribution >= 4 is 11.6 Å². The lowest BCUT2D eigenvalue weighted by molar-refractivity contribution is 0.102. The summed E-state index contributed by atoms with van der Waals surface area (Å²) in [4.78, 5) is 12.1. The van der Waals surface area contributed by atoms with Crippen LogP contribution in [-0.4, -0.2) is 13.0 Å². The topological polar surface area (TPSA) is 41.1 Å². The summed E-state index contributed by atoms with van der Waals surface area (Å²) in [5.74, 6) is -2.09. The van der Waals surface area contributed by atoms with Gasteiger partial charge in [0.15, 0.2) is 0 Å². The Morgan fingerprint density at radius 2 is 1.86 bits per heavy atom. The zero-order chi connectivity index (χ0) is 15.4. The number of benzene rings is 2. The van der Waals surface area contributed by atoms with Crippen molar-refractivity contribution in [2.24, 2.45) is 0 Å². The fourth-order valence-corrected chi connectivity index (χ4v) is 2.01. The lowest BCUT2D eigenvalue weighted by Gasteiger charge is -2.16. The molecule has 1 amide bonds. The van der Waals surface area contributed by atoms with E-state index in [-0.39, 0.29) is 11.6 Å². The van der Waals surface area contributed by atoms with Gasteiger partial charge in [-0.15, -0.1) is 0 Å². The molecule has 2 aromatic rings. The normalized spacial score (nSPS) is 12.0. The first-order valence-electron chi connectivity index (χ1n) is 6.55. The number of carbonyl (C=O) groups excluding carboxylic acids is 1. The fraction of sp³-hybridized carbons (Fsp3) is 0.188. The Kier molecular flexibility index (Phi) is 4.65. The highest BCUT2D eigenvalue weighted by molar-refractivity contribution is 6.04. The molecular formula is C16H16F2N2O. The quantitative estimate of drug-likeness (QED) is 0.905. The molecule has 0 spiro atoms. The number of hydrogen-bond donors (Lipinski definition) is 2. The molecule has 1 unspecified atom stereocenters. The number of para-hydroxylation sites is 1. The Hall–Kier alpha value is -2.27. The van der Waals surface area contributed by atoms with E-state index in [4.69, 9.17) is 0 Å². The van der Waals surface area contributed by atoms with Crippen molar-refractivity contribution in [2.45, 2.75) is 13.0 Å². The molecule has 1 atom stereocenters. The second kappa shape index (κ2) is 6.45. The Balaban J connectivity index is 2.30. The summed E-state index contributed by atoms with van der Waals surface area (Å²) >= 11 is 0. The summed E-state index contributed by atoms with van der Waals surface area (Å²) in [6.07, 6.45) is 0. The first-order chi connectivity index (χ1) is 10.0. The highest BCUT2D eigenvalue weighted by Gasteiger charge is 2.15. The molecule has 2 aromatic carbocycles. The van der Waals surface area contributed by atoms with E-state index in [2.05, 4.69) is 10.6 Å². The summed E-state index contributed by atoms with van der Waals surface area (Å²) in [5, 5.41) is 5.69. The molecule has 5 heteroatoms. The van der Waals surface area contributed by atoms with Gasteiger partial charge in [-0.2, -0.15) is 0 Å². The molecule has 110 valence electrons. The highest BCUT2D eigenvalue weighted by atomic mass is 19.1. The van der Waals surface area contributed by atoms with Crippen LogP contribution < -0.4 is 10.6 Å². The van der Waals surface area contributed by atoms with Gasteiger partial charge in [0.1, 0.15) is 11.6 Å². The second-order valence-electron chi connectivity index (χ2n) is 4.68. The molecule has 0 saturated heterocycles. The average molecular weight is 290 g/mol. The molecule has 0 aliphatic rings. The van der Waals surface area contributed by atoms with Crippen LogP contribution in [0.2, 0.25) is 0 Å². The number of anilines is 1. The van der Waals surface area contributed by atoms with Crippen LogP contribution in [0.4, 0.5) is 14.5 Å². The molecule has 0 bridgehead atoms. The molecule has 0 heterocycles. The summed E-state index contributed by atoms with van der Waals surface area (Å²) in [6.45, 7) is 1.94. The van der Waals surface area contributed by atoms with Gasteiger partial charge in [-0.05, 0) is 43.8 Å². The van der Waals surface area contributed by atoms with Gasteiger partial charge in [0.05, 0.1) is 5.56 Å². The van der Waals surface area contributed by atoms with Crippen molar-refractivity contribution in [3.05, 3.63) is 65.2 Å². The number of amides is 1. The predicted octanol–water partition coefficient (Wildman–Crippen LogP) is 3.50. The first-order valence-corrected chi connectivity index (χ1v) is 6.55. The summed E-state index contributed by atoms with van der Waals surface area (Å²) < 4.78 is 26.8. The van der Waals surface area contributed by atoms with Gasteiger partial charge in [-0.25, -0.2) is 8.78 Å². The molecular weight excluding hydrogens is 274 g/mol. The van der Waals surface area contributed by atoms with Gasteiger partial charge in [0.25, 0.3) is 5.91 Å². The third-order valence-electron chi connectivity index (χ3n) is 3.28. The van der Waals surface area contributed by atoms with Crippen LogP contribution in [0.5, 0.6) is 0 Å². The van der Waals surface area contributed by atoms with Crippen LogP contribution in [0, 0.1) is 11.6 Å². The lowest BCUT2D eigenvalue weighted by atomic mass is 10.1. The van der Waals surface area contributed by atoms with E-state index < -0.39 is 17.5 Å². The third-order valence-corrected chi connectivity index (χ3v) is 3.28. The molecule has 21 heavy (non-hydrogen) atoms. The Labute approximate surface area is 122 Å². The van der Waals surface area contributed by atoms with Gasteiger partial charge < -0.3 is 10.6 Å². The Bertz CT molecular complexity index is 658. The first kappa shape index (κ1) is 15.1. The minimum atomic E-state index is -0.756. The van der Waals surface area contributed by atoms with Crippen molar-refractivity contribution in [3.8, 4) is 0 Å². The molecule has 2 N–H and O–H groups in total. The van der Waals surface area contributed by atoms with Crippen molar-refractivity contribution in [3.63, 3.8) is 0 Å². The fourth-order valence-electron chi connectivity index (χ4n) is 2.01. The van der Waals surface area contributed by atoms with E-state index in [0.29, 0.717) is 5.69 Å². The van der Waals surface area contributed by atoms with Crippen LogP contribution in [0.25, 0.3) is 0 Å². The monoisotopic (exact) mass is 290 g/mol. The number of hydrogen-bond acceptors (Lipinski definition) is 2. The molecule has 2 rings (SSSR count). The van der Waals surface area contributed by atoms with Crippen molar-refractivity contribution in [1.82, 2.24) is 5.32 Å². The van der Waals surface area contributed by atoms with E-state index >= 15 is 0 Å². The molecule has 0 aliphatic carbocycles. The van der Waals surface area contributed by atoms with Crippen LogP contribution >= 0.6 is 0 Å². The highest BCUT2D eigenvalue weighted by Crippen LogP contribution is 2.23. The van der Waals surface area contributed by atoms with E-state index in [0.717, 1.165) is 23.8 Å². The summed E-state index contributed by atoms with van der Waals surface area (Å²) in [6, 6.07) is 10.0. The predicted molar refractivity (Wildman–Crippen MR) is 78.2 cm³/mol. The molecule has 0 radical (unpaired) electrons.